The van der Waals surface area contributed by atoms with Crippen molar-refractivity contribution in [3.05, 3.63) is 36.3 Å². The molecule has 2 aromatic heterocycles. The topological polar surface area (TPSA) is 54.9 Å². The molecule has 0 atom stereocenters. The first-order valence-electron chi connectivity index (χ1n) is 4.23. The first-order chi connectivity index (χ1) is 6.81. The van der Waals surface area contributed by atoms with Crippen LogP contribution >= 0.6 is 0 Å². The monoisotopic (exact) mass is 187 g/mol. The fraction of sp³-hybridized carbons (Fsp3) is 0.100. The van der Waals surface area contributed by atoms with E-state index in [1.54, 1.807) is 31.7 Å². The Hall–Kier alpha value is -1.97. The number of rotatable bonds is 1. The highest BCUT2D eigenvalue weighted by Gasteiger charge is 2.03. The Labute approximate surface area is 81.0 Å². The SMILES string of the molecule is CNC(=O)c1cnc2cnccc2c1. The smallest absolute Gasteiger partial charge is 0.252 e. The van der Waals surface area contributed by atoms with Crippen LogP contribution in [0.4, 0.5) is 0 Å². The maximum absolute atomic E-state index is 11.3. The Morgan fingerprint density at radius 3 is 3.07 bits per heavy atom. The molecule has 0 spiro atoms. The van der Waals surface area contributed by atoms with Gasteiger partial charge in [0.25, 0.3) is 5.91 Å². The molecule has 14 heavy (non-hydrogen) atoms. The van der Waals surface area contributed by atoms with Gasteiger partial charge in [-0.3, -0.25) is 14.8 Å². The Balaban J connectivity index is 2.56. The molecule has 4 nitrogen and oxygen atoms in total. The minimum atomic E-state index is -0.129. The van der Waals surface area contributed by atoms with Crippen LogP contribution in [0.3, 0.4) is 0 Å². The summed E-state index contributed by atoms with van der Waals surface area (Å²) in [4.78, 5) is 19.4. The lowest BCUT2D eigenvalue weighted by Crippen LogP contribution is -2.17. The number of carbonyl (C=O) groups is 1. The van der Waals surface area contributed by atoms with E-state index in [0.29, 0.717) is 5.56 Å². The molecule has 0 fully saturated rings. The molecular weight excluding hydrogens is 178 g/mol. The molecule has 2 aromatic rings. The fourth-order valence-electron chi connectivity index (χ4n) is 1.24. The Morgan fingerprint density at radius 1 is 1.43 bits per heavy atom. The fourth-order valence-corrected chi connectivity index (χ4v) is 1.24. The number of amides is 1. The Kier molecular flexibility index (Phi) is 2.10. The summed E-state index contributed by atoms with van der Waals surface area (Å²) in [6.07, 6.45) is 4.89. The molecule has 1 N–H and O–H groups in total. The van der Waals surface area contributed by atoms with Crippen LogP contribution in [0.5, 0.6) is 0 Å². The first-order valence-corrected chi connectivity index (χ1v) is 4.23. The zero-order valence-electron chi connectivity index (χ0n) is 7.69. The van der Waals surface area contributed by atoms with Crippen LogP contribution in [0.25, 0.3) is 10.9 Å². The van der Waals surface area contributed by atoms with Crippen molar-refractivity contribution >= 4 is 16.8 Å². The zero-order chi connectivity index (χ0) is 9.97. The van der Waals surface area contributed by atoms with Crippen molar-refractivity contribution in [2.75, 3.05) is 7.05 Å². The highest BCUT2D eigenvalue weighted by atomic mass is 16.1. The molecule has 0 aliphatic rings. The maximum atomic E-state index is 11.3. The average Bonchev–Trinajstić information content (AvgIpc) is 2.27. The van der Waals surface area contributed by atoms with Gasteiger partial charge in [0.05, 0.1) is 17.3 Å². The summed E-state index contributed by atoms with van der Waals surface area (Å²) in [6.45, 7) is 0. The van der Waals surface area contributed by atoms with Gasteiger partial charge in [0.15, 0.2) is 0 Å². The molecule has 4 heteroatoms. The van der Waals surface area contributed by atoms with E-state index in [1.165, 1.54) is 0 Å². The van der Waals surface area contributed by atoms with Crippen LogP contribution in [0.1, 0.15) is 10.4 Å². The predicted octanol–water partition coefficient (Wildman–Crippen LogP) is 0.989. The number of fused-ring (bicyclic) bond motifs is 1. The van der Waals surface area contributed by atoms with Crippen molar-refractivity contribution < 1.29 is 4.79 Å². The second kappa shape index (κ2) is 3.41. The molecule has 0 saturated carbocycles. The van der Waals surface area contributed by atoms with E-state index in [4.69, 9.17) is 0 Å². The number of hydrogen-bond acceptors (Lipinski definition) is 3. The summed E-state index contributed by atoms with van der Waals surface area (Å²) < 4.78 is 0. The molecule has 0 aromatic carbocycles. The van der Waals surface area contributed by atoms with Crippen LogP contribution in [-0.2, 0) is 0 Å². The molecule has 0 radical (unpaired) electrons. The molecule has 0 aliphatic carbocycles. The van der Waals surface area contributed by atoms with Gasteiger partial charge in [-0.2, -0.15) is 0 Å². The van der Waals surface area contributed by atoms with Gasteiger partial charge in [-0.25, -0.2) is 0 Å². The number of nitrogens with one attached hydrogen (secondary N) is 1. The average molecular weight is 187 g/mol. The largest absolute Gasteiger partial charge is 0.355 e. The summed E-state index contributed by atoms with van der Waals surface area (Å²) in [5.41, 5.74) is 1.35. The number of carbonyl (C=O) groups excluding carboxylic acids is 1. The van der Waals surface area contributed by atoms with Crippen LogP contribution in [0.15, 0.2) is 30.7 Å². The van der Waals surface area contributed by atoms with Crippen molar-refractivity contribution in [1.82, 2.24) is 15.3 Å². The van der Waals surface area contributed by atoms with Crippen molar-refractivity contribution in [2.45, 2.75) is 0 Å². The predicted molar refractivity (Wildman–Crippen MR) is 52.9 cm³/mol. The van der Waals surface area contributed by atoms with Crippen LogP contribution in [-0.4, -0.2) is 22.9 Å². The third-order valence-corrected chi connectivity index (χ3v) is 1.98. The summed E-state index contributed by atoms with van der Waals surface area (Å²) in [7, 11) is 1.60. The standard InChI is InChI=1S/C10H9N3O/c1-11-10(14)8-4-7-2-3-12-6-9(7)13-5-8/h2-6H,1H3,(H,11,14). The van der Waals surface area contributed by atoms with Gasteiger partial charge in [-0.05, 0) is 12.1 Å². The normalized spacial score (nSPS) is 10.1. The molecule has 70 valence electrons. The highest BCUT2D eigenvalue weighted by molar-refractivity contribution is 5.96. The van der Waals surface area contributed by atoms with E-state index in [0.717, 1.165) is 10.9 Å². The van der Waals surface area contributed by atoms with Crippen molar-refractivity contribution in [3.63, 3.8) is 0 Å². The summed E-state index contributed by atoms with van der Waals surface area (Å²) in [5.74, 6) is -0.129. The Morgan fingerprint density at radius 2 is 2.29 bits per heavy atom. The van der Waals surface area contributed by atoms with Crippen LogP contribution in [0, 0.1) is 0 Å². The zero-order valence-corrected chi connectivity index (χ0v) is 7.69. The molecule has 0 aliphatic heterocycles. The second-order valence-electron chi connectivity index (χ2n) is 2.87. The maximum Gasteiger partial charge on any atom is 0.252 e. The van der Waals surface area contributed by atoms with Gasteiger partial charge in [0.2, 0.25) is 0 Å². The molecule has 2 heterocycles. The van der Waals surface area contributed by atoms with E-state index in [-0.39, 0.29) is 5.91 Å². The van der Waals surface area contributed by atoms with Crippen molar-refractivity contribution in [1.29, 1.82) is 0 Å². The van der Waals surface area contributed by atoms with Gasteiger partial charge < -0.3 is 5.32 Å². The summed E-state index contributed by atoms with van der Waals surface area (Å²) >= 11 is 0. The second-order valence-corrected chi connectivity index (χ2v) is 2.87. The molecule has 1 amide bonds. The number of nitrogens with zero attached hydrogens (tertiary/aromatic N) is 2. The Bertz CT molecular complexity index is 482. The first kappa shape index (κ1) is 8.62. The lowest BCUT2D eigenvalue weighted by molar-refractivity contribution is 0.0963. The minimum Gasteiger partial charge on any atom is -0.355 e. The lowest BCUT2D eigenvalue weighted by atomic mass is 10.2. The lowest BCUT2D eigenvalue weighted by Gasteiger charge is -2.00. The van der Waals surface area contributed by atoms with E-state index in [1.807, 2.05) is 6.07 Å². The number of pyridine rings is 2. The molecule has 0 saturated heterocycles. The summed E-state index contributed by atoms with van der Waals surface area (Å²) in [6, 6.07) is 3.62. The van der Waals surface area contributed by atoms with E-state index in [2.05, 4.69) is 15.3 Å². The minimum absolute atomic E-state index is 0.129. The molecule has 2 rings (SSSR count). The van der Waals surface area contributed by atoms with Gasteiger partial charge in [-0.15, -0.1) is 0 Å². The van der Waals surface area contributed by atoms with Gasteiger partial charge >= 0.3 is 0 Å². The quantitative estimate of drug-likeness (QED) is 0.724. The third-order valence-electron chi connectivity index (χ3n) is 1.98. The van der Waals surface area contributed by atoms with E-state index in [9.17, 15) is 4.79 Å². The van der Waals surface area contributed by atoms with E-state index < -0.39 is 0 Å². The van der Waals surface area contributed by atoms with E-state index >= 15 is 0 Å². The number of aromatic nitrogens is 2. The summed E-state index contributed by atoms with van der Waals surface area (Å²) in [5, 5.41) is 3.47. The number of hydrogen-bond donors (Lipinski definition) is 1. The third kappa shape index (κ3) is 1.42. The highest BCUT2D eigenvalue weighted by Crippen LogP contribution is 2.10. The van der Waals surface area contributed by atoms with Crippen LogP contribution in [0.2, 0.25) is 0 Å². The molecular formula is C10H9N3O. The molecule has 0 unspecified atom stereocenters. The van der Waals surface area contributed by atoms with Crippen molar-refractivity contribution in [3.8, 4) is 0 Å². The van der Waals surface area contributed by atoms with Gasteiger partial charge in [0, 0.05) is 24.8 Å². The van der Waals surface area contributed by atoms with Gasteiger partial charge in [-0.1, -0.05) is 0 Å². The van der Waals surface area contributed by atoms with Crippen LogP contribution < -0.4 is 5.32 Å². The molecule has 0 bridgehead atoms. The van der Waals surface area contributed by atoms with Crippen molar-refractivity contribution in [2.24, 2.45) is 0 Å². The van der Waals surface area contributed by atoms with Gasteiger partial charge in [0.1, 0.15) is 0 Å².